The van der Waals surface area contributed by atoms with Gasteiger partial charge in [-0.05, 0) is 12.3 Å². The molecule has 1 heterocycles. The standard InChI is InChI=1S/C17H33NO6/c1-11(2)8-6-4-3-5-7-9-13(20)18-14-16(22)15(21)12(10-19)24-17(14)23/h11-12,14-17,19,21-23H,3-10H2,1-2H3,(H,18,20)/t12-,14-,15-,16-,17-/m1/s1. The molecule has 1 amide bonds. The van der Waals surface area contributed by atoms with Crippen LogP contribution in [0.1, 0.15) is 58.8 Å². The van der Waals surface area contributed by atoms with Crippen LogP contribution >= 0.6 is 0 Å². The number of nitrogens with one attached hydrogen (secondary N) is 1. The van der Waals surface area contributed by atoms with Gasteiger partial charge in [-0.15, -0.1) is 0 Å². The molecule has 5 atom stereocenters. The molecule has 7 heteroatoms. The number of aliphatic hydroxyl groups excluding tert-OH is 4. The second-order valence-electron chi connectivity index (χ2n) is 7.02. The van der Waals surface area contributed by atoms with E-state index >= 15 is 0 Å². The summed E-state index contributed by atoms with van der Waals surface area (Å²) in [5.41, 5.74) is 0. The summed E-state index contributed by atoms with van der Waals surface area (Å²) in [6.45, 7) is 3.90. The predicted molar refractivity (Wildman–Crippen MR) is 89.1 cm³/mol. The van der Waals surface area contributed by atoms with Gasteiger partial charge in [-0.3, -0.25) is 4.79 Å². The molecule has 24 heavy (non-hydrogen) atoms. The average molecular weight is 347 g/mol. The van der Waals surface area contributed by atoms with Crippen molar-refractivity contribution in [1.82, 2.24) is 5.32 Å². The third-order valence-corrected chi connectivity index (χ3v) is 4.41. The van der Waals surface area contributed by atoms with Crippen LogP contribution in [-0.4, -0.2) is 63.6 Å². The van der Waals surface area contributed by atoms with Gasteiger partial charge in [-0.1, -0.05) is 46.0 Å². The molecule has 1 aliphatic rings. The summed E-state index contributed by atoms with van der Waals surface area (Å²) in [5.74, 6) is 0.436. The van der Waals surface area contributed by atoms with Gasteiger partial charge in [0.25, 0.3) is 0 Å². The van der Waals surface area contributed by atoms with E-state index in [-0.39, 0.29) is 5.91 Å². The lowest BCUT2D eigenvalue weighted by molar-refractivity contribution is -0.253. The first-order chi connectivity index (χ1) is 11.4. The first-order valence-corrected chi connectivity index (χ1v) is 8.96. The first-order valence-electron chi connectivity index (χ1n) is 8.96. The highest BCUT2D eigenvalue weighted by Gasteiger charge is 2.44. The summed E-state index contributed by atoms with van der Waals surface area (Å²) < 4.78 is 5.00. The summed E-state index contributed by atoms with van der Waals surface area (Å²) in [6.07, 6.45) is 1.46. The van der Waals surface area contributed by atoms with Crippen LogP contribution < -0.4 is 5.32 Å². The molecular weight excluding hydrogens is 314 g/mol. The second-order valence-corrected chi connectivity index (χ2v) is 7.02. The molecule has 1 rings (SSSR count). The van der Waals surface area contributed by atoms with Gasteiger partial charge in [0, 0.05) is 6.42 Å². The summed E-state index contributed by atoms with van der Waals surface area (Å²) in [6, 6.07) is -1.10. The van der Waals surface area contributed by atoms with Crippen LogP contribution in [0.25, 0.3) is 0 Å². The Morgan fingerprint density at radius 1 is 1.04 bits per heavy atom. The molecule has 0 aromatic carbocycles. The molecule has 1 aliphatic heterocycles. The van der Waals surface area contributed by atoms with E-state index in [9.17, 15) is 20.1 Å². The average Bonchev–Trinajstić information content (AvgIpc) is 2.53. The highest BCUT2D eigenvalue weighted by Crippen LogP contribution is 2.20. The van der Waals surface area contributed by atoms with Gasteiger partial charge in [-0.2, -0.15) is 0 Å². The Hall–Kier alpha value is -0.730. The van der Waals surface area contributed by atoms with Crippen LogP contribution in [0.15, 0.2) is 0 Å². The molecule has 142 valence electrons. The van der Waals surface area contributed by atoms with Crippen molar-refractivity contribution >= 4 is 5.91 Å². The van der Waals surface area contributed by atoms with Gasteiger partial charge in [0.2, 0.25) is 5.91 Å². The zero-order chi connectivity index (χ0) is 18.1. The van der Waals surface area contributed by atoms with E-state index in [4.69, 9.17) is 9.84 Å². The zero-order valence-corrected chi connectivity index (χ0v) is 14.7. The molecule has 0 unspecified atom stereocenters. The van der Waals surface area contributed by atoms with Crippen LogP contribution in [0.2, 0.25) is 0 Å². The highest BCUT2D eigenvalue weighted by atomic mass is 16.6. The number of unbranched alkanes of at least 4 members (excludes halogenated alkanes) is 4. The summed E-state index contributed by atoms with van der Waals surface area (Å²) in [5, 5.41) is 41.0. The maximum atomic E-state index is 11.9. The number of carbonyl (C=O) groups excluding carboxylic acids is 1. The molecule has 1 fully saturated rings. The van der Waals surface area contributed by atoms with Gasteiger partial charge >= 0.3 is 0 Å². The number of carbonyl (C=O) groups is 1. The van der Waals surface area contributed by atoms with Crippen molar-refractivity contribution in [2.45, 2.75) is 89.4 Å². The minimum absolute atomic E-state index is 0.293. The summed E-state index contributed by atoms with van der Waals surface area (Å²) in [7, 11) is 0. The molecule has 0 aliphatic carbocycles. The predicted octanol–water partition coefficient (Wildman–Crippen LogP) is 0.289. The third kappa shape index (κ3) is 7.03. The van der Waals surface area contributed by atoms with E-state index < -0.39 is 37.3 Å². The van der Waals surface area contributed by atoms with Gasteiger partial charge < -0.3 is 30.5 Å². The Morgan fingerprint density at radius 2 is 1.67 bits per heavy atom. The lowest BCUT2D eigenvalue weighted by Crippen LogP contribution is -2.64. The second kappa shape index (κ2) is 11.0. The van der Waals surface area contributed by atoms with E-state index in [1.165, 1.54) is 19.3 Å². The van der Waals surface area contributed by atoms with Crippen molar-refractivity contribution in [3.05, 3.63) is 0 Å². The molecule has 0 spiro atoms. The highest BCUT2D eigenvalue weighted by molar-refractivity contribution is 5.76. The fourth-order valence-electron chi connectivity index (χ4n) is 2.88. The van der Waals surface area contributed by atoms with Crippen molar-refractivity contribution in [2.75, 3.05) is 6.61 Å². The molecule has 5 N–H and O–H groups in total. The van der Waals surface area contributed by atoms with Crippen LogP contribution in [0.5, 0.6) is 0 Å². The lowest BCUT2D eigenvalue weighted by Gasteiger charge is -2.40. The Bertz CT molecular complexity index is 365. The van der Waals surface area contributed by atoms with Gasteiger partial charge in [0.1, 0.15) is 24.4 Å². The van der Waals surface area contributed by atoms with Gasteiger partial charge in [-0.25, -0.2) is 0 Å². The lowest BCUT2D eigenvalue weighted by atomic mass is 9.97. The maximum absolute atomic E-state index is 11.9. The van der Waals surface area contributed by atoms with Gasteiger partial charge in [0.05, 0.1) is 6.61 Å². The molecule has 0 bridgehead atoms. The van der Waals surface area contributed by atoms with Crippen molar-refractivity contribution in [3.8, 4) is 0 Å². The third-order valence-electron chi connectivity index (χ3n) is 4.41. The smallest absolute Gasteiger partial charge is 0.220 e. The number of hydrogen-bond donors (Lipinski definition) is 5. The minimum Gasteiger partial charge on any atom is -0.394 e. The van der Waals surface area contributed by atoms with Crippen molar-refractivity contribution in [1.29, 1.82) is 0 Å². The van der Waals surface area contributed by atoms with Gasteiger partial charge in [0.15, 0.2) is 6.29 Å². The number of amides is 1. The summed E-state index contributed by atoms with van der Waals surface area (Å²) >= 11 is 0. The fourth-order valence-corrected chi connectivity index (χ4v) is 2.88. The molecule has 0 aromatic rings. The largest absolute Gasteiger partial charge is 0.394 e. The Morgan fingerprint density at radius 3 is 2.29 bits per heavy atom. The molecule has 1 saturated heterocycles. The zero-order valence-electron chi connectivity index (χ0n) is 14.7. The minimum atomic E-state index is -1.46. The Kier molecular flexibility index (Phi) is 9.76. The monoisotopic (exact) mass is 347 g/mol. The van der Waals surface area contributed by atoms with Crippen molar-refractivity contribution in [2.24, 2.45) is 5.92 Å². The normalized spacial score (nSPS) is 30.5. The maximum Gasteiger partial charge on any atom is 0.220 e. The number of rotatable bonds is 10. The number of ether oxygens (including phenoxy) is 1. The SMILES string of the molecule is CC(C)CCCCCCCC(=O)N[C@@H]1[C@@H](O)[C@H](O)[C@@H](CO)O[C@H]1O. The molecular formula is C17H33NO6. The van der Waals surface area contributed by atoms with Crippen LogP contribution in [-0.2, 0) is 9.53 Å². The Balaban J connectivity index is 2.22. The quantitative estimate of drug-likeness (QED) is 0.362. The van der Waals surface area contributed by atoms with Crippen molar-refractivity contribution < 1.29 is 30.0 Å². The number of aliphatic hydroxyl groups is 4. The first kappa shape index (κ1) is 21.3. The Labute approximate surface area is 144 Å². The van der Waals surface area contributed by atoms with Crippen LogP contribution in [0, 0.1) is 5.92 Å². The van der Waals surface area contributed by atoms with E-state index in [1.54, 1.807) is 0 Å². The van der Waals surface area contributed by atoms with Crippen LogP contribution in [0.3, 0.4) is 0 Å². The van der Waals surface area contributed by atoms with E-state index in [1.807, 2.05) is 0 Å². The van der Waals surface area contributed by atoms with E-state index in [0.717, 1.165) is 25.2 Å². The molecule has 0 radical (unpaired) electrons. The molecule has 0 aromatic heterocycles. The summed E-state index contributed by atoms with van der Waals surface area (Å²) in [4.78, 5) is 11.9. The van der Waals surface area contributed by atoms with Crippen LogP contribution in [0.4, 0.5) is 0 Å². The van der Waals surface area contributed by atoms with Crippen molar-refractivity contribution in [3.63, 3.8) is 0 Å². The topological polar surface area (TPSA) is 119 Å². The van der Waals surface area contributed by atoms with E-state index in [2.05, 4.69) is 19.2 Å². The fraction of sp³-hybridized carbons (Fsp3) is 0.941. The number of hydrogen-bond acceptors (Lipinski definition) is 6. The molecule has 0 saturated carbocycles. The molecule has 7 nitrogen and oxygen atoms in total. The van der Waals surface area contributed by atoms with E-state index in [0.29, 0.717) is 6.42 Å².